The van der Waals surface area contributed by atoms with Crippen LogP contribution < -0.4 is 10.2 Å². The van der Waals surface area contributed by atoms with Crippen LogP contribution in [0, 0.1) is 5.82 Å². The largest absolute Gasteiger partial charge is 0.369 e. The second kappa shape index (κ2) is 7.79. The third-order valence-electron chi connectivity index (χ3n) is 5.47. The Balaban J connectivity index is 1.74. The van der Waals surface area contributed by atoms with E-state index in [4.69, 9.17) is 0 Å². The maximum Gasteiger partial charge on any atom is 0.226 e. The molecule has 1 aliphatic heterocycles. The summed E-state index contributed by atoms with van der Waals surface area (Å²) in [6, 6.07) is 19.9. The van der Waals surface area contributed by atoms with E-state index in [0.29, 0.717) is 16.6 Å². The normalized spacial score (nSPS) is 14.8. The lowest BCUT2D eigenvalue weighted by Crippen LogP contribution is -2.43. The summed E-state index contributed by atoms with van der Waals surface area (Å²) in [4.78, 5) is 2.39. The van der Waals surface area contributed by atoms with Gasteiger partial charge in [-0.2, -0.15) is 5.10 Å². The maximum absolute atomic E-state index is 13.9. The molecule has 3 aromatic carbocycles. The summed E-state index contributed by atoms with van der Waals surface area (Å²) in [5.41, 5.74) is 2.02. The Labute approximate surface area is 179 Å². The molecule has 0 aliphatic carbocycles. The summed E-state index contributed by atoms with van der Waals surface area (Å²) >= 11 is 0. The Hall–Kier alpha value is -3.23. The molecule has 0 bridgehead atoms. The van der Waals surface area contributed by atoms with E-state index in [1.807, 2.05) is 18.2 Å². The zero-order valence-electron chi connectivity index (χ0n) is 16.7. The molecule has 0 atom stereocenters. The molecular weight excluding hydrogens is 415 g/mol. The third kappa shape index (κ3) is 3.58. The number of sulfone groups is 1. The Morgan fingerprint density at radius 1 is 0.871 bits per heavy atom. The van der Waals surface area contributed by atoms with Gasteiger partial charge in [-0.05, 0) is 48.5 Å². The minimum absolute atomic E-state index is 0.0325. The first-order valence-electron chi connectivity index (χ1n) is 10.1. The molecule has 1 N–H and O–H groups in total. The highest BCUT2D eigenvalue weighted by Gasteiger charge is 2.26. The molecule has 5 rings (SSSR count). The SMILES string of the molecule is O=S(=O)(c1ccccc1)c1nn(-c2cccc(F)c2)c2ccc(N3CCNCC3)cc12. The number of nitrogens with zero attached hydrogens (tertiary/aromatic N) is 3. The van der Waals surface area contributed by atoms with E-state index in [9.17, 15) is 12.8 Å². The summed E-state index contributed by atoms with van der Waals surface area (Å²) in [5, 5.41) is 8.27. The van der Waals surface area contributed by atoms with Crippen LogP contribution in [0.4, 0.5) is 10.1 Å². The van der Waals surface area contributed by atoms with E-state index in [0.717, 1.165) is 31.9 Å². The van der Waals surface area contributed by atoms with Gasteiger partial charge in [-0.1, -0.05) is 24.3 Å². The Bertz CT molecular complexity index is 1350. The van der Waals surface area contributed by atoms with Crippen molar-refractivity contribution in [1.82, 2.24) is 15.1 Å². The lowest BCUT2D eigenvalue weighted by molar-refractivity contribution is 0.589. The summed E-state index contributed by atoms with van der Waals surface area (Å²) in [6.45, 7) is 3.42. The van der Waals surface area contributed by atoms with Gasteiger partial charge in [0.1, 0.15) is 5.82 Å². The van der Waals surface area contributed by atoms with Crippen LogP contribution in [0.3, 0.4) is 0 Å². The average molecular weight is 437 g/mol. The van der Waals surface area contributed by atoms with Gasteiger partial charge in [-0.3, -0.25) is 0 Å². The number of aromatic nitrogens is 2. The van der Waals surface area contributed by atoms with Crippen molar-refractivity contribution in [3.8, 4) is 5.69 Å². The number of nitrogens with one attached hydrogen (secondary N) is 1. The fraction of sp³-hybridized carbons (Fsp3) is 0.174. The molecule has 8 heteroatoms. The number of benzene rings is 3. The zero-order valence-corrected chi connectivity index (χ0v) is 17.5. The van der Waals surface area contributed by atoms with Gasteiger partial charge in [0.15, 0.2) is 5.03 Å². The van der Waals surface area contributed by atoms with E-state index >= 15 is 0 Å². The molecule has 1 fully saturated rings. The summed E-state index contributed by atoms with van der Waals surface area (Å²) < 4.78 is 42.3. The maximum atomic E-state index is 13.9. The van der Waals surface area contributed by atoms with E-state index in [1.165, 1.54) is 16.8 Å². The lowest BCUT2D eigenvalue weighted by atomic mass is 10.2. The molecule has 1 saturated heterocycles. The fourth-order valence-corrected chi connectivity index (χ4v) is 5.29. The molecule has 0 amide bonds. The van der Waals surface area contributed by atoms with Crippen LogP contribution in [-0.4, -0.2) is 44.4 Å². The number of rotatable bonds is 4. The highest BCUT2D eigenvalue weighted by Crippen LogP contribution is 2.32. The van der Waals surface area contributed by atoms with Gasteiger partial charge in [0.05, 0.1) is 16.1 Å². The van der Waals surface area contributed by atoms with Gasteiger partial charge >= 0.3 is 0 Å². The number of fused-ring (bicyclic) bond motifs is 1. The molecule has 158 valence electrons. The van der Waals surface area contributed by atoms with Gasteiger partial charge in [-0.25, -0.2) is 17.5 Å². The first-order valence-corrected chi connectivity index (χ1v) is 11.6. The van der Waals surface area contributed by atoms with Gasteiger partial charge in [0.25, 0.3) is 0 Å². The van der Waals surface area contributed by atoms with Gasteiger partial charge in [0, 0.05) is 37.3 Å². The fourth-order valence-electron chi connectivity index (χ4n) is 3.91. The minimum Gasteiger partial charge on any atom is -0.369 e. The van der Waals surface area contributed by atoms with Crippen LogP contribution in [0.1, 0.15) is 0 Å². The highest BCUT2D eigenvalue weighted by atomic mass is 32.2. The first-order chi connectivity index (χ1) is 15.0. The first kappa shape index (κ1) is 19.7. The quantitative estimate of drug-likeness (QED) is 0.531. The van der Waals surface area contributed by atoms with Crippen molar-refractivity contribution in [2.75, 3.05) is 31.1 Å². The van der Waals surface area contributed by atoms with E-state index in [-0.39, 0.29) is 9.92 Å². The Morgan fingerprint density at radius 3 is 2.39 bits per heavy atom. The molecule has 6 nitrogen and oxygen atoms in total. The third-order valence-corrected chi connectivity index (χ3v) is 7.18. The molecule has 1 aliphatic rings. The van der Waals surface area contributed by atoms with E-state index in [2.05, 4.69) is 15.3 Å². The van der Waals surface area contributed by atoms with E-state index < -0.39 is 15.7 Å². The molecular formula is C23H21FN4O2S. The van der Waals surface area contributed by atoms with Crippen molar-refractivity contribution in [2.45, 2.75) is 9.92 Å². The number of anilines is 1. The van der Waals surface area contributed by atoms with Gasteiger partial charge in [-0.15, -0.1) is 0 Å². The molecule has 0 spiro atoms. The van der Waals surface area contributed by atoms with Crippen molar-refractivity contribution in [1.29, 1.82) is 0 Å². The predicted molar refractivity (Wildman–Crippen MR) is 118 cm³/mol. The average Bonchev–Trinajstić information content (AvgIpc) is 3.20. The van der Waals surface area contributed by atoms with Crippen molar-refractivity contribution < 1.29 is 12.8 Å². The summed E-state index contributed by atoms with van der Waals surface area (Å²) in [5.74, 6) is -0.411. The van der Waals surface area contributed by atoms with Gasteiger partial charge in [0.2, 0.25) is 9.84 Å². The number of hydrogen-bond donors (Lipinski definition) is 1. The summed E-state index contributed by atoms with van der Waals surface area (Å²) in [7, 11) is -3.87. The second-order valence-electron chi connectivity index (χ2n) is 7.45. The smallest absolute Gasteiger partial charge is 0.226 e. The van der Waals surface area contributed by atoms with Gasteiger partial charge < -0.3 is 10.2 Å². The van der Waals surface area contributed by atoms with Crippen molar-refractivity contribution >= 4 is 26.4 Å². The van der Waals surface area contributed by atoms with E-state index in [1.54, 1.807) is 42.5 Å². The van der Waals surface area contributed by atoms with Crippen LogP contribution in [0.5, 0.6) is 0 Å². The molecule has 0 saturated carbocycles. The molecule has 0 unspecified atom stereocenters. The minimum atomic E-state index is -3.87. The standard InChI is InChI=1S/C23H21FN4O2S/c24-17-5-4-6-19(15-17)28-22-10-9-18(27-13-11-25-12-14-27)16-21(22)23(26-28)31(29,30)20-7-2-1-3-8-20/h1-10,15-16,25H,11-14H2. The van der Waals surface area contributed by atoms with Crippen molar-refractivity contribution in [3.05, 3.63) is 78.6 Å². The predicted octanol–water partition coefficient (Wildman–Crippen LogP) is 3.41. The Kier molecular flexibility index (Phi) is 4.95. The van der Waals surface area contributed by atoms with Crippen molar-refractivity contribution in [2.24, 2.45) is 0 Å². The van der Waals surface area contributed by atoms with Crippen LogP contribution >= 0.6 is 0 Å². The molecule has 2 heterocycles. The Morgan fingerprint density at radius 2 is 1.65 bits per heavy atom. The highest BCUT2D eigenvalue weighted by molar-refractivity contribution is 7.91. The van der Waals surface area contributed by atoms with Crippen LogP contribution in [0.15, 0.2) is 82.7 Å². The van der Waals surface area contributed by atoms with Crippen molar-refractivity contribution in [3.63, 3.8) is 0 Å². The van der Waals surface area contributed by atoms with Crippen LogP contribution in [0.25, 0.3) is 16.6 Å². The number of halogens is 1. The molecule has 1 aromatic heterocycles. The van der Waals surface area contributed by atoms with Crippen LogP contribution in [-0.2, 0) is 9.84 Å². The summed E-state index contributed by atoms with van der Waals surface area (Å²) in [6.07, 6.45) is 0. The molecule has 4 aromatic rings. The van der Waals surface area contributed by atoms with Crippen LogP contribution in [0.2, 0.25) is 0 Å². The monoisotopic (exact) mass is 436 g/mol. The molecule has 31 heavy (non-hydrogen) atoms. The zero-order chi connectivity index (χ0) is 21.4. The molecule has 0 radical (unpaired) electrons. The second-order valence-corrected chi connectivity index (χ2v) is 9.32. The number of hydrogen-bond acceptors (Lipinski definition) is 5. The topological polar surface area (TPSA) is 67.2 Å². The number of piperazine rings is 1. The lowest BCUT2D eigenvalue weighted by Gasteiger charge is -2.29.